The van der Waals surface area contributed by atoms with E-state index >= 15 is 0 Å². The molecule has 1 aliphatic rings. The smallest absolute Gasteiger partial charge is 0.0897 e. The summed E-state index contributed by atoms with van der Waals surface area (Å²) in [6, 6.07) is 0. The summed E-state index contributed by atoms with van der Waals surface area (Å²) in [4.78, 5) is 0. The molecule has 1 saturated carbocycles. The molecule has 0 aromatic carbocycles. The fraction of sp³-hybridized carbons (Fsp3) is 1.00. The predicted octanol–water partition coefficient (Wildman–Crippen LogP) is 3.50. The van der Waals surface area contributed by atoms with Crippen LogP contribution in [0.4, 0.5) is 0 Å². The highest BCUT2D eigenvalue weighted by Gasteiger charge is 2.34. The Bertz CT molecular complexity index is 236. The summed E-state index contributed by atoms with van der Waals surface area (Å²) in [5.74, 6) is 0.656. The van der Waals surface area contributed by atoms with Crippen LogP contribution in [-0.4, -0.2) is 36.5 Å². The number of nitrogens with one attached hydrogen (secondary N) is 1. The first-order valence-electron chi connectivity index (χ1n) is 8.66. The Morgan fingerprint density at radius 2 is 1.95 bits per heavy atom. The minimum absolute atomic E-state index is 0.314. The van der Waals surface area contributed by atoms with Crippen molar-refractivity contribution in [3.8, 4) is 0 Å². The molecule has 1 aliphatic carbocycles. The topological polar surface area (TPSA) is 41.5 Å². The lowest BCUT2D eigenvalue weighted by atomic mass is 9.75. The van der Waals surface area contributed by atoms with Gasteiger partial charge >= 0.3 is 0 Å². The molecule has 0 aromatic rings. The van der Waals surface area contributed by atoms with Crippen molar-refractivity contribution in [2.75, 3.05) is 19.8 Å². The van der Waals surface area contributed by atoms with Gasteiger partial charge in [-0.05, 0) is 38.0 Å². The van der Waals surface area contributed by atoms with Gasteiger partial charge in [-0.3, -0.25) is 0 Å². The van der Waals surface area contributed by atoms with Crippen molar-refractivity contribution in [1.29, 1.82) is 0 Å². The van der Waals surface area contributed by atoms with Crippen LogP contribution in [0.5, 0.6) is 0 Å². The molecule has 0 aliphatic heterocycles. The van der Waals surface area contributed by atoms with Crippen molar-refractivity contribution < 1.29 is 9.84 Å². The first-order chi connectivity index (χ1) is 9.65. The second-order valence-corrected chi connectivity index (χ2v) is 6.48. The van der Waals surface area contributed by atoms with Crippen LogP contribution in [0, 0.1) is 5.92 Å². The zero-order chi connectivity index (χ0) is 14.8. The third-order valence-corrected chi connectivity index (χ3v) is 4.91. The van der Waals surface area contributed by atoms with Crippen molar-refractivity contribution in [3.63, 3.8) is 0 Å². The van der Waals surface area contributed by atoms with Crippen molar-refractivity contribution in [3.05, 3.63) is 0 Å². The summed E-state index contributed by atoms with van der Waals surface area (Å²) in [6.07, 6.45) is 9.58. The van der Waals surface area contributed by atoms with E-state index in [0.717, 1.165) is 13.0 Å². The van der Waals surface area contributed by atoms with Crippen molar-refractivity contribution in [2.24, 2.45) is 5.92 Å². The van der Waals surface area contributed by atoms with Crippen LogP contribution in [0.1, 0.15) is 72.1 Å². The van der Waals surface area contributed by atoms with Gasteiger partial charge in [-0.2, -0.15) is 0 Å². The SMILES string of the molecule is CCCCC(CC)COCC(O)CNC1(CC)CCC1. The fourth-order valence-electron chi connectivity index (χ4n) is 2.92. The minimum Gasteiger partial charge on any atom is -0.389 e. The molecule has 0 saturated heterocycles. The van der Waals surface area contributed by atoms with Crippen molar-refractivity contribution in [1.82, 2.24) is 5.32 Å². The second-order valence-electron chi connectivity index (χ2n) is 6.48. The number of rotatable bonds is 12. The molecule has 3 heteroatoms. The van der Waals surface area contributed by atoms with Gasteiger partial charge in [0.05, 0.1) is 12.7 Å². The fourth-order valence-corrected chi connectivity index (χ4v) is 2.92. The molecular formula is C17H35NO2. The summed E-state index contributed by atoms with van der Waals surface area (Å²) in [5, 5.41) is 13.5. The number of ether oxygens (including phenoxy) is 1. The summed E-state index contributed by atoms with van der Waals surface area (Å²) in [7, 11) is 0. The molecule has 0 radical (unpaired) electrons. The summed E-state index contributed by atoms with van der Waals surface area (Å²) < 4.78 is 5.71. The van der Waals surface area contributed by atoms with E-state index in [0.29, 0.717) is 24.6 Å². The molecule has 2 atom stereocenters. The van der Waals surface area contributed by atoms with Gasteiger partial charge in [0, 0.05) is 18.7 Å². The zero-order valence-corrected chi connectivity index (χ0v) is 13.8. The van der Waals surface area contributed by atoms with Crippen LogP contribution in [0.3, 0.4) is 0 Å². The van der Waals surface area contributed by atoms with Crippen molar-refractivity contribution >= 4 is 0 Å². The van der Waals surface area contributed by atoms with Crippen LogP contribution < -0.4 is 5.32 Å². The number of β-amino-alcohol motifs (C(OH)–C–C–N with tert-alkyl or cyclic N) is 1. The molecule has 0 amide bonds. The van der Waals surface area contributed by atoms with E-state index in [9.17, 15) is 5.11 Å². The van der Waals surface area contributed by atoms with Crippen LogP contribution in [0.2, 0.25) is 0 Å². The first kappa shape index (κ1) is 17.9. The van der Waals surface area contributed by atoms with Gasteiger partial charge in [-0.15, -0.1) is 0 Å². The molecule has 3 nitrogen and oxygen atoms in total. The van der Waals surface area contributed by atoms with E-state index in [1.807, 2.05) is 0 Å². The Hall–Kier alpha value is -0.120. The molecule has 0 aromatic heterocycles. The second kappa shape index (κ2) is 9.75. The molecule has 0 heterocycles. The van der Waals surface area contributed by atoms with Gasteiger partial charge in [0.15, 0.2) is 0 Å². The molecule has 1 rings (SSSR count). The lowest BCUT2D eigenvalue weighted by Crippen LogP contribution is -2.53. The maximum atomic E-state index is 10.0. The number of hydrogen-bond acceptors (Lipinski definition) is 3. The lowest BCUT2D eigenvalue weighted by Gasteiger charge is -2.42. The minimum atomic E-state index is -0.372. The van der Waals surface area contributed by atoms with E-state index in [1.165, 1.54) is 44.9 Å². The highest BCUT2D eigenvalue weighted by Crippen LogP contribution is 2.34. The van der Waals surface area contributed by atoms with Gasteiger partial charge < -0.3 is 15.2 Å². The van der Waals surface area contributed by atoms with Crippen LogP contribution >= 0.6 is 0 Å². The third kappa shape index (κ3) is 6.11. The van der Waals surface area contributed by atoms with Gasteiger partial charge in [0.1, 0.15) is 0 Å². The average Bonchev–Trinajstić information content (AvgIpc) is 2.42. The number of aliphatic hydroxyl groups is 1. The number of unbranched alkanes of at least 4 members (excludes halogenated alkanes) is 1. The normalized spacial score (nSPS) is 20.4. The third-order valence-electron chi connectivity index (χ3n) is 4.91. The van der Waals surface area contributed by atoms with E-state index in [2.05, 4.69) is 26.1 Å². The summed E-state index contributed by atoms with van der Waals surface area (Å²) in [5.41, 5.74) is 0.314. The first-order valence-corrected chi connectivity index (χ1v) is 8.66. The van der Waals surface area contributed by atoms with Crippen LogP contribution in [0.15, 0.2) is 0 Å². The van der Waals surface area contributed by atoms with E-state index in [4.69, 9.17) is 4.74 Å². The summed E-state index contributed by atoms with van der Waals surface area (Å²) in [6.45, 7) is 8.62. The number of aliphatic hydroxyl groups excluding tert-OH is 1. The van der Waals surface area contributed by atoms with E-state index in [-0.39, 0.29) is 6.10 Å². The predicted molar refractivity (Wildman–Crippen MR) is 85.0 cm³/mol. The highest BCUT2D eigenvalue weighted by molar-refractivity contribution is 4.94. The number of hydrogen-bond donors (Lipinski definition) is 2. The monoisotopic (exact) mass is 285 g/mol. The van der Waals surface area contributed by atoms with Crippen LogP contribution in [0.25, 0.3) is 0 Å². The molecule has 2 unspecified atom stereocenters. The van der Waals surface area contributed by atoms with Crippen molar-refractivity contribution in [2.45, 2.75) is 83.8 Å². The van der Waals surface area contributed by atoms with Gasteiger partial charge in [-0.25, -0.2) is 0 Å². The Morgan fingerprint density at radius 3 is 2.45 bits per heavy atom. The molecule has 1 fully saturated rings. The van der Waals surface area contributed by atoms with E-state index in [1.54, 1.807) is 0 Å². The Labute approximate surface area is 125 Å². The largest absolute Gasteiger partial charge is 0.389 e. The maximum Gasteiger partial charge on any atom is 0.0897 e. The molecule has 0 bridgehead atoms. The lowest BCUT2D eigenvalue weighted by molar-refractivity contribution is 0.0121. The molecule has 120 valence electrons. The van der Waals surface area contributed by atoms with Gasteiger partial charge in [-0.1, -0.05) is 40.0 Å². The van der Waals surface area contributed by atoms with Gasteiger partial charge in [0.2, 0.25) is 0 Å². The molecule has 20 heavy (non-hydrogen) atoms. The quantitative estimate of drug-likeness (QED) is 0.576. The molecule has 2 N–H and O–H groups in total. The Balaban J connectivity index is 2.08. The average molecular weight is 285 g/mol. The van der Waals surface area contributed by atoms with E-state index < -0.39 is 0 Å². The molecular weight excluding hydrogens is 250 g/mol. The zero-order valence-electron chi connectivity index (χ0n) is 13.8. The Morgan fingerprint density at radius 1 is 1.20 bits per heavy atom. The standard InChI is InChI=1S/C17H35NO2/c1-4-7-9-15(5-2)13-20-14-16(19)12-18-17(6-3)10-8-11-17/h15-16,18-19H,4-14H2,1-3H3. The molecule has 0 spiro atoms. The summed E-state index contributed by atoms with van der Waals surface area (Å²) >= 11 is 0. The van der Waals surface area contributed by atoms with Gasteiger partial charge in [0.25, 0.3) is 0 Å². The van der Waals surface area contributed by atoms with Crippen LogP contribution in [-0.2, 0) is 4.74 Å². The maximum absolute atomic E-state index is 10.0. The highest BCUT2D eigenvalue weighted by atomic mass is 16.5. The Kier molecular flexibility index (Phi) is 8.74.